The number of aliphatic hydroxyl groups excluding tert-OH is 1. The number of ketones is 1. The molecule has 2 bridgehead atoms. The van der Waals surface area contributed by atoms with Crippen LogP contribution in [0.4, 0.5) is 0 Å². The largest absolute Gasteiger partial charge is 0.461 e. The van der Waals surface area contributed by atoms with Gasteiger partial charge in [0.2, 0.25) is 0 Å². The third kappa shape index (κ3) is 5.28. The van der Waals surface area contributed by atoms with Gasteiger partial charge >= 0.3 is 5.97 Å². The van der Waals surface area contributed by atoms with Crippen LogP contribution in [-0.2, 0) is 14.3 Å². The monoisotopic (exact) mass is 547 g/mol. The van der Waals surface area contributed by atoms with Crippen molar-refractivity contribution in [3.05, 3.63) is 12.7 Å². The molecule has 0 aliphatic heterocycles. The number of Topliss-reactive ketones (excluding diaryl/α,β-unsaturated/α-hetero) is 1. The van der Waals surface area contributed by atoms with Gasteiger partial charge in [-0.15, -0.1) is 18.3 Å². The number of aliphatic hydroxyl groups is 1. The molecule has 0 amide bonds. The first-order valence-electron chi connectivity index (χ1n) is 15.3. The van der Waals surface area contributed by atoms with Crippen molar-refractivity contribution in [3.8, 4) is 0 Å². The van der Waals surface area contributed by atoms with Crippen molar-refractivity contribution >= 4 is 23.5 Å². The quantitative estimate of drug-likeness (QED) is 0.273. The third-order valence-corrected chi connectivity index (χ3v) is 13.1. The van der Waals surface area contributed by atoms with E-state index >= 15 is 0 Å². The molecule has 0 aromatic rings. The van der Waals surface area contributed by atoms with Crippen molar-refractivity contribution in [2.75, 3.05) is 5.75 Å². The Morgan fingerprint density at radius 2 is 2.00 bits per heavy atom. The van der Waals surface area contributed by atoms with Gasteiger partial charge in [-0.25, -0.2) is 0 Å². The van der Waals surface area contributed by atoms with Gasteiger partial charge in [-0.2, -0.15) is 0 Å². The minimum Gasteiger partial charge on any atom is -0.461 e. The second kappa shape index (κ2) is 11.6. The summed E-state index contributed by atoms with van der Waals surface area (Å²) in [5, 5.41) is 15.9. The van der Waals surface area contributed by atoms with Crippen LogP contribution in [0.2, 0.25) is 0 Å². The Labute approximate surface area is 235 Å². The van der Waals surface area contributed by atoms with Gasteiger partial charge in [0, 0.05) is 40.5 Å². The van der Waals surface area contributed by atoms with Gasteiger partial charge in [-0.05, 0) is 75.5 Å². The van der Waals surface area contributed by atoms with Gasteiger partial charge in [0.25, 0.3) is 0 Å². The summed E-state index contributed by atoms with van der Waals surface area (Å²) in [5.41, 5.74) is -1.26. The number of hydrogen-bond donors (Lipinski definition) is 2. The Hall–Kier alpha value is -0.850. The molecule has 0 heterocycles. The standard InChI is InChI=1S/C32H53NO4S/c1-8-21(4)33-23-11-10-12-24(17-23)38-19-27(35)37-26-18-30(6,9-2)29(36)22(5)32-15-13-20(3)31(26,7)28(32)25(34)14-16-32/h9,20-24,26,28-29,33,36H,2,8,10-19H2,1,3-7H3/t20-,21?,22+,23?,24?,26-,28+,29+,30-,31+,32?/m1/s1. The lowest BCUT2D eigenvalue weighted by Crippen LogP contribution is -2.63. The predicted octanol–water partition coefficient (Wildman–Crippen LogP) is 6.33. The molecule has 216 valence electrons. The predicted molar refractivity (Wildman–Crippen MR) is 156 cm³/mol. The van der Waals surface area contributed by atoms with E-state index in [9.17, 15) is 14.7 Å². The van der Waals surface area contributed by atoms with E-state index in [0.29, 0.717) is 41.7 Å². The van der Waals surface area contributed by atoms with Crippen LogP contribution in [0.25, 0.3) is 0 Å². The second-order valence-corrected chi connectivity index (χ2v) is 15.1. The maximum Gasteiger partial charge on any atom is 0.316 e. The zero-order chi connectivity index (χ0) is 27.9. The summed E-state index contributed by atoms with van der Waals surface area (Å²) >= 11 is 1.74. The van der Waals surface area contributed by atoms with E-state index < -0.39 is 23.0 Å². The summed E-state index contributed by atoms with van der Waals surface area (Å²) in [6.45, 7) is 17.2. The lowest BCUT2D eigenvalue weighted by atomic mass is 9.44. The smallest absolute Gasteiger partial charge is 0.316 e. The fraction of sp³-hybridized carbons (Fsp3) is 0.875. The molecule has 4 unspecified atom stereocenters. The minimum absolute atomic E-state index is 0.00994. The number of thioether (sulfide) groups is 1. The maximum atomic E-state index is 13.6. The van der Waals surface area contributed by atoms with Crippen LogP contribution < -0.4 is 5.32 Å². The summed E-state index contributed by atoms with van der Waals surface area (Å²) in [6.07, 6.45) is 10.4. The van der Waals surface area contributed by atoms with E-state index in [1.807, 2.05) is 6.08 Å². The van der Waals surface area contributed by atoms with Gasteiger partial charge in [0.15, 0.2) is 0 Å². The summed E-state index contributed by atoms with van der Waals surface area (Å²) in [5.74, 6) is 0.544. The SMILES string of the molecule is C=C[C@]1(C)C[C@@H](OC(=O)CSC2CCCC(NC(C)CC)C2)[C@]2(C)[C@H](C)CCC3(CCC(=O)[C@H]32)[C@@H](C)[C@@H]1O. The number of carbonyl (C=O) groups is 2. The molecule has 0 aromatic heterocycles. The van der Waals surface area contributed by atoms with Gasteiger partial charge in [0.1, 0.15) is 11.9 Å². The first-order valence-corrected chi connectivity index (χ1v) is 16.4. The van der Waals surface area contributed by atoms with Crippen molar-refractivity contribution in [2.45, 2.75) is 135 Å². The first kappa shape index (κ1) is 30.1. The first-order chi connectivity index (χ1) is 17.9. The van der Waals surface area contributed by atoms with Crippen molar-refractivity contribution < 1.29 is 19.4 Å². The number of nitrogens with one attached hydrogen (secondary N) is 1. The molecule has 4 aliphatic carbocycles. The van der Waals surface area contributed by atoms with Crippen molar-refractivity contribution in [2.24, 2.45) is 34.0 Å². The third-order valence-electron chi connectivity index (χ3n) is 11.8. The number of esters is 1. The molecule has 5 nitrogen and oxygen atoms in total. The van der Waals surface area contributed by atoms with Gasteiger partial charge in [-0.1, -0.05) is 47.1 Å². The van der Waals surface area contributed by atoms with Crippen molar-refractivity contribution in [3.63, 3.8) is 0 Å². The number of rotatable bonds is 8. The fourth-order valence-corrected chi connectivity index (χ4v) is 9.99. The normalized spacial score (nSPS) is 46.0. The Balaban J connectivity index is 1.53. The molecule has 0 radical (unpaired) electrons. The van der Waals surface area contributed by atoms with Gasteiger partial charge < -0.3 is 15.2 Å². The van der Waals surface area contributed by atoms with Crippen LogP contribution >= 0.6 is 11.8 Å². The molecule has 6 heteroatoms. The average molecular weight is 548 g/mol. The van der Waals surface area contributed by atoms with E-state index in [0.717, 1.165) is 38.5 Å². The molecule has 0 saturated heterocycles. The molecular formula is C32H53NO4S. The Morgan fingerprint density at radius 3 is 2.68 bits per heavy atom. The molecule has 0 spiro atoms. The molecule has 4 aliphatic rings. The van der Waals surface area contributed by atoms with Crippen LogP contribution in [-0.4, -0.2) is 52.2 Å². The highest BCUT2D eigenvalue weighted by Gasteiger charge is 2.68. The maximum absolute atomic E-state index is 13.6. The van der Waals surface area contributed by atoms with E-state index in [-0.39, 0.29) is 29.1 Å². The molecule has 4 fully saturated rings. The van der Waals surface area contributed by atoms with Crippen LogP contribution in [0.3, 0.4) is 0 Å². The second-order valence-electron chi connectivity index (χ2n) is 13.8. The fourth-order valence-electron chi connectivity index (χ4n) is 8.85. The minimum atomic E-state index is -0.626. The van der Waals surface area contributed by atoms with Crippen molar-refractivity contribution in [1.82, 2.24) is 5.32 Å². The lowest BCUT2D eigenvalue weighted by molar-refractivity contribution is -0.205. The lowest BCUT2D eigenvalue weighted by Gasteiger charge is -2.61. The van der Waals surface area contributed by atoms with E-state index in [2.05, 4.69) is 53.4 Å². The topological polar surface area (TPSA) is 75.6 Å². The van der Waals surface area contributed by atoms with Crippen LogP contribution in [0.5, 0.6) is 0 Å². The molecule has 0 aromatic carbocycles. The van der Waals surface area contributed by atoms with Gasteiger partial charge in [-0.3, -0.25) is 9.59 Å². The summed E-state index contributed by atoms with van der Waals surface area (Å²) in [4.78, 5) is 27.0. The molecule has 38 heavy (non-hydrogen) atoms. The van der Waals surface area contributed by atoms with Crippen LogP contribution in [0.15, 0.2) is 12.7 Å². The Kier molecular flexibility index (Phi) is 9.16. The Morgan fingerprint density at radius 1 is 1.26 bits per heavy atom. The molecule has 4 rings (SSSR count). The van der Waals surface area contributed by atoms with E-state index in [4.69, 9.17) is 4.74 Å². The summed E-state index contributed by atoms with van der Waals surface area (Å²) in [7, 11) is 0. The molecular weight excluding hydrogens is 494 g/mol. The molecule has 4 saturated carbocycles. The number of hydrogen-bond acceptors (Lipinski definition) is 6. The molecule has 11 atom stereocenters. The van der Waals surface area contributed by atoms with E-state index in [1.165, 1.54) is 12.8 Å². The van der Waals surface area contributed by atoms with Crippen LogP contribution in [0.1, 0.15) is 106 Å². The van der Waals surface area contributed by atoms with Crippen LogP contribution in [0, 0.1) is 34.0 Å². The van der Waals surface area contributed by atoms with Gasteiger partial charge in [0.05, 0.1) is 11.9 Å². The summed E-state index contributed by atoms with van der Waals surface area (Å²) < 4.78 is 6.43. The highest BCUT2D eigenvalue weighted by Crippen LogP contribution is 2.68. The Bertz CT molecular complexity index is 895. The average Bonchev–Trinajstić information content (AvgIpc) is 3.26. The highest BCUT2D eigenvalue weighted by molar-refractivity contribution is 8.00. The highest BCUT2D eigenvalue weighted by atomic mass is 32.2. The number of carbonyl (C=O) groups excluding carboxylic acids is 2. The zero-order valence-electron chi connectivity index (χ0n) is 24.8. The molecule has 2 N–H and O–H groups in total. The van der Waals surface area contributed by atoms with Crippen molar-refractivity contribution in [1.29, 1.82) is 0 Å². The zero-order valence-corrected chi connectivity index (χ0v) is 25.6. The number of ether oxygens (including phenoxy) is 1. The summed E-state index contributed by atoms with van der Waals surface area (Å²) in [6, 6.07) is 1.05. The van der Waals surface area contributed by atoms with E-state index in [1.54, 1.807) is 11.8 Å².